The maximum Gasteiger partial charge on any atom is 0.416 e. The lowest BCUT2D eigenvalue weighted by Crippen LogP contribution is -2.68. The highest BCUT2D eigenvalue weighted by molar-refractivity contribution is 9.09. The third-order valence-electron chi connectivity index (χ3n) is 6.43. The van der Waals surface area contributed by atoms with Gasteiger partial charge in [-0.25, -0.2) is 0 Å². The molecule has 4 rings (SSSR count). The molecule has 0 heterocycles. The number of carbonyl (C=O) groups is 1. The quantitative estimate of drug-likeness (QED) is 0.689. The Kier molecular flexibility index (Phi) is 3.47. The van der Waals surface area contributed by atoms with E-state index in [4.69, 9.17) is 0 Å². The van der Waals surface area contributed by atoms with Crippen molar-refractivity contribution < 1.29 is 18.0 Å². The molecule has 3 atom stereocenters. The fraction of sp³-hybridized carbons (Fsp3) is 0.588. The zero-order valence-corrected chi connectivity index (χ0v) is 14.8. The summed E-state index contributed by atoms with van der Waals surface area (Å²) in [4.78, 5) is 12.9. The number of hydrogen-bond acceptors (Lipinski definition) is 1. The van der Waals surface area contributed by atoms with Gasteiger partial charge in [-0.3, -0.25) is 4.79 Å². The van der Waals surface area contributed by atoms with Crippen LogP contribution >= 0.6 is 15.9 Å². The molecule has 1 amide bonds. The molecule has 2 bridgehead atoms. The van der Waals surface area contributed by atoms with Gasteiger partial charge >= 0.3 is 6.18 Å². The van der Waals surface area contributed by atoms with Crippen LogP contribution in [0, 0.1) is 16.2 Å². The van der Waals surface area contributed by atoms with E-state index in [0.717, 1.165) is 25.0 Å². The molecule has 126 valence electrons. The van der Waals surface area contributed by atoms with Crippen LogP contribution in [0.3, 0.4) is 0 Å². The number of alkyl halides is 4. The summed E-state index contributed by atoms with van der Waals surface area (Å²) in [7, 11) is 0. The minimum atomic E-state index is -4.42. The van der Waals surface area contributed by atoms with Crippen LogP contribution in [-0.4, -0.2) is 10.7 Å². The van der Waals surface area contributed by atoms with Crippen LogP contribution in [0.2, 0.25) is 0 Å². The number of halogens is 4. The smallest absolute Gasteiger partial charge is 0.326 e. The predicted octanol–water partition coefficient (Wildman–Crippen LogP) is 5.23. The first-order chi connectivity index (χ1) is 10.5. The third kappa shape index (κ3) is 1.96. The Morgan fingerprint density at radius 2 is 1.91 bits per heavy atom. The maximum absolute atomic E-state index is 12.9. The Bertz CT molecular complexity index is 672. The van der Waals surface area contributed by atoms with Gasteiger partial charge in [0.25, 0.3) is 0 Å². The van der Waals surface area contributed by atoms with Crippen molar-refractivity contribution >= 4 is 27.5 Å². The van der Waals surface area contributed by atoms with Crippen molar-refractivity contribution in [1.82, 2.24) is 0 Å². The molecule has 3 saturated carbocycles. The lowest BCUT2D eigenvalue weighted by molar-refractivity contribution is -0.156. The Morgan fingerprint density at radius 1 is 1.26 bits per heavy atom. The zero-order valence-electron chi connectivity index (χ0n) is 13.2. The van der Waals surface area contributed by atoms with Gasteiger partial charge in [0, 0.05) is 10.5 Å². The highest BCUT2D eigenvalue weighted by Crippen LogP contribution is 2.79. The topological polar surface area (TPSA) is 29.1 Å². The minimum Gasteiger partial charge on any atom is -0.326 e. The van der Waals surface area contributed by atoms with Crippen molar-refractivity contribution in [2.75, 3.05) is 5.32 Å². The monoisotopic (exact) mass is 389 g/mol. The van der Waals surface area contributed by atoms with E-state index < -0.39 is 17.2 Å². The van der Waals surface area contributed by atoms with E-state index in [1.807, 2.05) is 0 Å². The van der Waals surface area contributed by atoms with Crippen LogP contribution in [0.4, 0.5) is 18.9 Å². The summed E-state index contributed by atoms with van der Waals surface area (Å²) in [6.07, 6.45) is -2.73. The first-order valence-corrected chi connectivity index (χ1v) is 8.51. The number of carbonyl (C=O) groups excluding carboxylic acids is 1. The van der Waals surface area contributed by atoms with Crippen molar-refractivity contribution in [3.8, 4) is 0 Å². The van der Waals surface area contributed by atoms with Crippen LogP contribution in [0.15, 0.2) is 24.3 Å². The molecule has 0 unspecified atom stereocenters. The molecule has 1 aromatic carbocycles. The Morgan fingerprint density at radius 3 is 2.39 bits per heavy atom. The lowest BCUT2D eigenvalue weighted by atomic mass is 9.43. The van der Waals surface area contributed by atoms with Crippen molar-refractivity contribution in [3.63, 3.8) is 0 Å². The summed E-state index contributed by atoms with van der Waals surface area (Å²) in [5.74, 6) is -0.196. The van der Waals surface area contributed by atoms with E-state index in [-0.39, 0.29) is 27.3 Å². The second-order valence-corrected chi connectivity index (χ2v) is 8.32. The minimum absolute atomic E-state index is 0.0398. The van der Waals surface area contributed by atoms with Gasteiger partial charge in [-0.1, -0.05) is 42.8 Å². The van der Waals surface area contributed by atoms with Crippen molar-refractivity contribution in [2.24, 2.45) is 16.2 Å². The number of rotatable bonds is 2. The molecule has 3 aliphatic rings. The summed E-state index contributed by atoms with van der Waals surface area (Å²) >= 11 is 3.66. The van der Waals surface area contributed by atoms with E-state index >= 15 is 0 Å². The molecule has 1 N–H and O–H groups in total. The Hall–Kier alpha value is -1.04. The molecule has 0 aromatic heterocycles. The van der Waals surface area contributed by atoms with E-state index in [1.54, 1.807) is 0 Å². The van der Waals surface area contributed by atoms with E-state index in [2.05, 4.69) is 42.0 Å². The predicted molar refractivity (Wildman–Crippen MR) is 86.3 cm³/mol. The van der Waals surface area contributed by atoms with Gasteiger partial charge in [0.05, 0.1) is 11.0 Å². The highest BCUT2D eigenvalue weighted by Gasteiger charge is 2.80. The highest BCUT2D eigenvalue weighted by atomic mass is 79.9. The average Bonchev–Trinajstić information content (AvgIpc) is 2.86. The lowest BCUT2D eigenvalue weighted by Gasteiger charge is -2.64. The molecule has 0 saturated heterocycles. The number of hydrogen-bond donors (Lipinski definition) is 1. The largest absolute Gasteiger partial charge is 0.416 e. The molecule has 0 spiro atoms. The molecule has 2 nitrogen and oxygen atoms in total. The normalized spacial score (nSPS) is 34.8. The van der Waals surface area contributed by atoms with Crippen LogP contribution in [0.1, 0.15) is 39.2 Å². The number of nitrogens with one attached hydrogen (secondary N) is 1. The summed E-state index contributed by atoms with van der Waals surface area (Å²) in [5.41, 5.74) is -1.30. The maximum atomic E-state index is 12.9. The van der Waals surface area contributed by atoms with Crippen molar-refractivity contribution in [2.45, 2.75) is 44.6 Å². The van der Waals surface area contributed by atoms with Crippen LogP contribution < -0.4 is 5.32 Å². The number of anilines is 1. The molecule has 1 aromatic rings. The molecule has 6 heteroatoms. The summed E-state index contributed by atoms with van der Waals surface area (Å²) < 4.78 is 38.4. The fourth-order valence-corrected chi connectivity index (χ4v) is 6.28. The van der Waals surface area contributed by atoms with Crippen molar-refractivity contribution in [3.05, 3.63) is 29.8 Å². The van der Waals surface area contributed by atoms with Gasteiger partial charge in [-0.15, -0.1) is 0 Å². The molecular weight excluding hydrogens is 371 g/mol. The summed E-state index contributed by atoms with van der Waals surface area (Å²) in [6.45, 7) is 6.31. The SMILES string of the molecule is CC1(C)[C@@]2(C)CC[C@]1(C(=O)Nc1cccc(C(F)(F)F)c1)[C@@H]2Br. The number of fused-ring (bicyclic) bond motifs is 1. The second-order valence-electron chi connectivity index (χ2n) is 7.41. The first kappa shape index (κ1) is 16.8. The van der Waals surface area contributed by atoms with Gasteiger partial charge in [0.15, 0.2) is 0 Å². The molecule has 3 fully saturated rings. The van der Waals surface area contributed by atoms with E-state index in [9.17, 15) is 18.0 Å². The molecule has 0 radical (unpaired) electrons. The van der Waals surface area contributed by atoms with Gasteiger partial charge in [0.1, 0.15) is 0 Å². The third-order valence-corrected chi connectivity index (χ3v) is 8.22. The van der Waals surface area contributed by atoms with Gasteiger partial charge in [-0.2, -0.15) is 13.2 Å². The molecule has 23 heavy (non-hydrogen) atoms. The van der Waals surface area contributed by atoms with Gasteiger partial charge < -0.3 is 5.32 Å². The summed E-state index contributed by atoms with van der Waals surface area (Å²) in [6, 6.07) is 4.79. The van der Waals surface area contributed by atoms with E-state index in [1.165, 1.54) is 12.1 Å². The van der Waals surface area contributed by atoms with Crippen molar-refractivity contribution in [1.29, 1.82) is 0 Å². The zero-order chi connectivity index (χ0) is 17.3. The first-order valence-electron chi connectivity index (χ1n) is 7.60. The number of amides is 1. The molecule has 0 aliphatic heterocycles. The van der Waals surface area contributed by atoms with Crippen LogP contribution in [0.5, 0.6) is 0 Å². The number of benzene rings is 1. The standard InChI is InChI=1S/C17H19BrF3NO/c1-14(2)15(3)7-8-16(14,12(15)18)13(23)22-11-6-4-5-10(9-11)17(19,20)21/h4-6,9,12H,7-8H2,1-3H3,(H,22,23)/t12-,15+,16-/m1/s1. The molecular formula is C17H19BrF3NO. The average molecular weight is 390 g/mol. The summed E-state index contributed by atoms with van der Waals surface area (Å²) in [5, 5.41) is 2.71. The molecule has 3 aliphatic carbocycles. The fourth-order valence-electron chi connectivity index (χ4n) is 4.47. The second kappa shape index (κ2) is 4.74. The van der Waals surface area contributed by atoms with Crippen LogP contribution in [-0.2, 0) is 11.0 Å². The van der Waals surface area contributed by atoms with E-state index in [0.29, 0.717) is 0 Å². The Balaban J connectivity index is 1.87. The van der Waals surface area contributed by atoms with Gasteiger partial charge in [-0.05, 0) is 41.9 Å². The van der Waals surface area contributed by atoms with Crippen LogP contribution in [0.25, 0.3) is 0 Å². The Labute approximate surface area is 142 Å². The van der Waals surface area contributed by atoms with Gasteiger partial charge in [0.2, 0.25) is 5.91 Å².